The molecule has 138 valence electrons. The van der Waals surface area contributed by atoms with Crippen molar-refractivity contribution in [2.45, 2.75) is 24.9 Å². The predicted octanol–water partition coefficient (Wildman–Crippen LogP) is 2.58. The Balaban J connectivity index is 2.62. The maximum Gasteiger partial charge on any atom is 0.437 e. The summed E-state index contributed by atoms with van der Waals surface area (Å²) in [5, 5.41) is 12.7. The van der Waals surface area contributed by atoms with E-state index < -0.39 is 35.9 Å². The molecule has 0 unspecified atom stereocenters. The lowest BCUT2D eigenvalue weighted by Gasteiger charge is -2.49. The minimum atomic E-state index is -5.27. The molecule has 0 spiro atoms. The van der Waals surface area contributed by atoms with Crippen molar-refractivity contribution < 1.29 is 32.6 Å². The van der Waals surface area contributed by atoms with Crippen LogP contribution in [0.5, 0.6) is 0 Å². The number of aliphatic hydroxyl groups is 1. The molecule has 0 radical (unpaired) electrons. The van der Waals surface area contributed by atoms with Crippen LogP contribution in [0.4, 0.5) is 18.0 Å². The van der Waals surface area contributed by atoms with Gasteiger partial charge in [-0.05, 0) is 24.6 Å². The van der Waals surface area contributed by atoms with Gasteiger partial charge in [-0.1, -0.05) is 28.1 Å². The molecule has 1 heterocycles. The fourth-order valence-electron chi connectivity index (χ4n) is 2.75. The first kappa shape index (κ1) is 19.5. The number of nitrogens with one attached hydrogen (secondary N) is 1. The minimum absolute atomic E-state index is 0.0734. The zero-order chi connectivity index (χ0) is 19.0. The van der Waals surface area contributed by atoms with Gasteiger partial charge in [-0.3, -0.25) is 9.69 Å². The highest BCUT2D eigenvalue weighted by atomic mass is 79.9. The van der Waals surface area contributed by atoms with Crippen molar-refractivity contribution >= 4 is 27.9 Å². The summed E-state index contributed by atoms with van der Waals surface area (Å²) in [7, 11) is 0.771. The molecule has 2 amide bonds. The van der Waals surface area contributed by atoms with Gasteiger partial charge in [-0.2, -0.15) is 13.2 Å². The zero-order valence-electron chi connectivity index (χ0n) is 13.3. The Labute approximate surface area is 150 Å². The van der Waals surface area contributed by atoms with Crippen LogP contribution in [0.2, 0.25) is 0 Å². The number of esters is 1. The number of benzene rings is 1. The molecule has 1 aromatic carbocycles. The highest BCUT2D eigenvalue weighted by Crippen LogP contribution is 2.46. The average Bonchev–Trinajstić information content (AvgIpc) is 2.52. The molecule has 6 nitrogen and oxygen atoms in total. The van der Waals surface area contributed by atoms with E-state index >= 15 is 0 Å². The zero-order valence-corrected chi connectivity index (χ0v) is 14.9. The first-order valence-electron chi connectivity index (χ1n) is 7.29. The van der Waals surface area contributed by atoms with Gasteiger partial charge in [0.1, 0.15) is 5.92 Å². The number of ether oxygens (including phenoxy) is 1. The van der Waals surface area contributed by atoms with Gasteiger partial charge in [0.05, 0.1) is 12.6 Å². The minimum Gasteiger partial charge on any atom is -0.466 e. The fraction of sp³-hybridized carbons (Fsp3) is 0.467. The number of urea groups is 1. The Morgan fingerprint density at radius 1 is 1.40 bits per heavy atom. The molecule has 3 atom stereocenters. The van der Waals surface area contributed by atoms with Gasteiger partial charge >= 0.3 is 18.2 Å². The Kier molecular flexibility index (Phi) is 5.33. The third-order valence-corrected chi connectivity index (χ3v) is 4.58. The van der Waals surface area contributed by atoms with Crippen molar-refractivity contribution in [1.82, 2.24) is 10.2 Å². The van der Waals surface area contributed by atoms with Gasteiger partial charge in [0.15, 0.2) is 0 Å². The molecule has 0 aromatic heterocycles. The third kappa shape index (κ3) is 3.32. The van der Waals surface area contributed by atoms with Gasteiger partial charge in [0, 0.05) is 11.5 Å². The number of halogens is 4. The summed E-state index contributed by atoms with van der Waals surface area (Å²) < 4.78 is 46.4. The molecule has 1 aliphatic heterocycles. The number of hydrogen-bond donors (Lipinski definition) is 2. The molecule has 0 aliphatic carbocycles. The van der Waals surface area contributed by atoms with E-state index in [2.05, 4.69) is 21.2 Å². The summed E-state index contributed by atoms with van der Waals surface area (Å²) in [6.45, 7) is 1.26. The molecule has 1 aromatic rings. The van der Waals surface area contributed by atoms with Crippen molar-refractivity contribution in [3.8, 4) is 0 Å². The van der Waals surface area contributed by atoms with Gasteiger partial charge in [-0.15, -0.1) is 0 Å². The highest BCUT2D eigenvalue weighted by Gasteiger charge is 2.69. The number of alkyl halides is 3. The quantitative estimate of drug-likeness (QED) is 0.730. The second-order valence-corrected chi connectivity index (χ2v) is 6.41. The first-order chi connectivity index (χ1) is 11.5. The Hall–Kier alpha value is -1.81. The molecule has 0 bridgehead atoms. The summed E-state index contributed by atoms with van der Waals surface area (Å²) in [6, 6.07) is 3.42. The van der Waals surface area contributed by atoms with Gasteiger partial charge in [0.2, 0.25) is 0 Å². The molecule has 2 rings (SSSR count). The normalized spacial score (nSPS) is 27.0. The monoisotopic (exact) mass is 424 g/mol. The van der Waals surface area contributed by atoms with Crippen molar-refractivity contribution in [3.63, 3.8) is 0 Å². The van der Waals surface area contributed by atoms with E-state index in [0.717, 1.165) is 7.05 Å². The van der Waals surface area contributed by atoms with E-state index in [1.54, 1.807) is 12.1 Å². The molecular weight excluding hydrogens is 409 g/mol. The second kappa shape index (κ2) is 6.83. The van der Waals surface area contributed by atoms with Crippen molar-refractivity contribution in [2.24, 2.45) is 5.92 Å². The van der Waals surface area contributed by atoms with Crippen LogP contribution in [0.15, 0.2) is 28.7 Å². The van der Waals surface area contributed by atoms with Crippen LogP contribution in [-0.2, 0) is 9.53 Å². The van der Waals surface area contributed by atoms with E-state index in [-0.39, 0.29) is 17.1 Å². The largest absolute Gasteiger partial charge is 0.466 e. The number of nitrogens with zero attached hydrogens (tertiary/aromatic N) is 1. The van der Waals surface area contributed by atoms with Crippen molar-refractivity contribution in [3.05, 3.63) is 34.3 Å². The van der Waals surface area contributed by atoms with E-state index in [4.69, 9.17) is 4.74 Å². The van der Waals surface area contributed by atoms with Crippen LogP contribution in [0.3, 0.4) is 0 Å². The SMILES string of the molecule is CCOC(=O)[C@@H]1[C@@H](c2ccc(Br)cc2)NC(=O)N(C)[C@@]1(O)C(F)(F)F. The lowest BCUT2D eigenvalue weighted by atomic mass is 9.81. The lowest BCUT2D eigenvalue weighted by Crippen LogP contribution is -2.73. The molecule has 1 saturated heterocycles. The van der Waals surface area contributed by atoms with Gasteiger partial charge < -0.3 is 15.2 Å². The average molecular weight is 425 g/mol. The Morgan fingerprint density at radius 3 is 2.44 bits per heavy atom. The van der Waals surface area contributed by atoms with Gasteiger partial charge in [-0.25, -0.2) is 4.79 Å². The maximum absolute atomic E-state index is 13.7. The highest BCUT2D eigenvalue weighted by molar-refractivity contribution is 9.10. The molecule has 0 saturated carbocycles. The van der Waals surface area contributed by atoms with Crippen LogP contribution in [0.1, 0.15) is 18.5 Å². The van der Waals surface area contributed by atoms with E-state index in [1.165, 1.54) is 19.1 Å². The standard InChI is InChI=1S/C15H16BrF3N2O4/c1-3-25-12(22)10-11(8-4-6-9(16)7-5-8)20-13(23)21(2)14(10,24)15(17,18)19/h4-7,10-11,24H,3H2,1-2H3,(H,20,23)/t10-,11+,14-/m0/s1. The Bertz CT molecular complexity index is 668. The van der Waals surface area contributed by atoms with Crippen LogP contribution in [-0.4, -0.2) is 47.6 Å². The number of hydrogen-bond acceptors (Lipinski definition) is 4. The van der Waals surface area contributed by atoms with E-state index in [9.17, 15) is 27.9 Å². The summed E-state index contributed by atoms with van der Waals surface area (Å²) in [5.74, 6) is -3.36. The molecule has 1 aliphatic rings. The number of rotatable bonds is 3. The van der Waals surface area contributed by atoms with Crippen LogP contribution in [0.25, 0.3) is 0 Å². The maximum atomic E-state index is 13.7. The number of carbonyl (C=O) groups is 2. The Morgan fingerprint density at radius 2 is 1.96 bits per heavy atom. The molecule has 2 N–H and O–H groups in total. The summed E-state index contributed by atoms with van der Waals surface area (Å²) >= 11 is 3.20. The van der Waals surface area contributed by atoms with Gasteiger partial charge in [0.25, 0.3) is 5.72 Å². The third-order valence-electron chi connectivity index (χ3n) is 4.05. The van der Waals surface area contributed by atoms with Crippen molar-refractivity contribution in [1.29, 1.82) is 0 Å². The second-order valence-electron chi connectivity index (χ2n) is 5.49. The smallest absolute Gasteiger partial charge is 0.437 e. The topological polar surface area (TPSA) is 78.9 Å². The summed E-state index contributed by atoms with van der Waals surface area (Å²) in [6.07, 6.45) is -5.27. The molecule has 1 fully saturated rings. The summed E-state index contributed by atoms with van der Waals surface area (Å²) in [5.41, 5.74) is -3.48. The van der Waals surface area contributed by atoms with E-state index in [1.807, 2.05) is 0 Å². The van der Waals surface area contributed by atoms with Crippen LogP contribution < -0.4 is 5.32 Å². The first-order valence-corrected chi connectivity index (χ1v) is 8.08. The lowest BCUT2D eigenvalue weighted by molar-refractivity contribution is -0.328. The predicted molar refractivity (Wildman–Crippen MR) is 84.3 cm³/mol. The summed E-state index contributed by atoms with van der Waals surface area (Å²) in [4.78, 5) is 24.4. The van der Waals surface area contributed by atoms with Crippen LogP contribution >= 0.6 is 15.9 Å². The fourth-order valence-corrected chi connectivity index (χ4v) is 3.02. The van der Waals surface area contributed by atoms with Crippen LogP contribution in [0, 0.1) is 5.92 Å². The van der Waals surface area contributed by atoms with E-state index in [0.29, 0.717) is 4.47 Å². The molecule has 25 heavy (non-hydrogen) atoms. The van der Waals surface area contributed by atoms with Crippen molar-refractivity contribution in [2.75, 3.05) is 13.7 Å². The number of carbonyl (C=O) groups excluding carboxylic acids is 2. The molecular formula is C15H16BrF3N2O4. The number of amides is 2. The molecule has 10 heteroatoms.